The van der Waals surface area contributed by atoms with E-state index >= 15 is 0 Å². The molecule has 0 aliphatic rings. The summed E-state index contributed by atoms with van der Waals surface area (Å²) in [5.74, 6) is -0.635. The van der Waals surface area contributed by atoms with Crippen LogP contribution in [0, 0.1) is 5.92 Å². The van der Waals surface area contributed by atoms with Crippen molar-refractivity contribution in [3.05, 3.63) is 98.9 Å². The molecule has 0 amide bonds. The molecule has 42 heavy (non-hydrogen) atoms. The number of aromatic carboxylic acids is 1. The lowest BCUT2D eigenvalue weighted by atomic mass is 9.98. The van der Waals surface area contributed by atoms with Gasteiger partial charge in [-0.1, -0.05) is 78.7 Å². The van der Waals surface area contributed by atoms with E-state index in [0.717, 1.165) is 28.7 Å². The van der Waals surface area contributed by atoms with Gasteiger partial charge in [0.05, 0.1) is 29.7 Å². The second-order valence-corrected chi connectivity index (χ2v) is 9.72. The normalized spacial score (nSPS) is 10.7. The summed E-state index contributed by atoms with van der Waals surface area (Å²) in [6.45, 7) is 7.49. The molecule has 0 atom stereocenters. The maximum absolute atomic E-state index is 11.8. The highest BCUT2D eigenvalue weighted by atomic mass is 16.5. The maximum atomic E-state index is 11.8. The molecule has 2 heterocycles. The van der Waals surface area contributed by atoms with Crippen molar-refractivity contribution in [1.29, 1.82) is 0 Å². The molecule has 0 aliphatic heterocycles. The molecule has 12 heteroatoms. The van der Waals surface area contributed by atoms with Gasteiger partial charge in [-0.25, -0.2) is 9.59 Å². The average molecular weight is 570 g/mol. The summed E-state index contributed by atoms with van der Waals surface area (Å²) in [6.07, 6.45) is 0.990. The molecule has 0 saturated carbocycles. The molecule has 0 fully saturated rings. The highest BCUT2D eigenvalue weighted by molar-refractivity contribution is 6.01. The van der Waals surface area contributed by atoms with E-state index in [0.29, 0.717) is 48.5 Å². The summed E-state index contributed by atoms with van der Waals surface area (Å²) in [6, 6.07) is 20.8. The fourth-order valence-corrected chi connectivity index (χ4v) is 4.34. The Morgan fingerprint density at radius 3 is 2.48 bits per heavy atom. The number of hydrogen-bond donors (Lipinski definition) is 2. The first kappa shape index (κ1) is 29.6. The number of benzene rings is 3. The largest absolute Gasteiger partial charge is 0.478 e. The van der Waals surface area contributed by atoms with E-state index in [1.54, 1.807) is 22.8 Å². The molecule has 0 spiro atoms. The van der Waals surface area contributed by atoms with Gasteiger partial charge in [-0.15, -0.1) is 0 Å². The van der Waals surface area contributed by atoms with Crippen LogP contribution in [0.1, 0.15) is 43.1 Å². The van der Waals surface area contributed by atoms with Gasteiger partial charge < -0.3 is 9.84 Å². The zero-order valence-corrected chi connectivity index (χ0v) is 23.5. The molecule has 0 aliphatic carbocycles. The van der Waals surface area contributed by atoms with Gasteiger partial charge in [-0.3, -0.25) is 14.1 Å². The van der Waals surface area contributed by atoms with E-state index in [-0.39, 0.29) is 5.56 Å². The summed E-state index contributed by atoms with van der Waals surface area (Å²) >= 11 is 0. The average Bonchev–Trinajstić information content (AvgIpc) is 3.57. The fraction of sp³-hybridized carbons (Fsp3) is 0.267. The van der Waals surface area contributed by atoms with E-state index in [9.17, 15) is 14.7 Å². The van der Waals surface area contributed by atoms with Crippen molar-refractivity contribution in [2.24, 2.45) is 11.0 Å². The summed E-state index contributed by atoms with van der Waals surface area (Å²) in [7, 11) is 0. The third kappa shape index (κ3) is 7.04. The van der Waals surface area contributed by atoms with Crippen molar-refractivity contribution in [3.8, 4) is 28.5 Å². The molecule has 2 aromatic heterocycles. The second kappa shape index (κ2) is 13.8. The van der Waals surface area contributed by atoms with Crippen LogP contribution in [0.2, 0.25) is 0 Å². The molecule has 5 aromatic rings. The Kier molecular flexibility index (Phi) is 9.75. The van der Waals surface area contributed by atoms with E-state index in [4.69, 9.17) is 10.3 Å². The third-order valence-electron chi connectivity index (χ3n) is 6.33. The minimum atomic E-state index is -1.02. The molecular weight excluding hydrogens is 538 g/mol. The Balaban J connectivity index is 0.000000446. The number of carboxylic acids is 1. The number of imidazole rings is 1. The van der Waals surface area contributed by atoms with Gasteiger partial charge in [0.15, 0.2) is 5.82 Å². The first-order valence-electron chi connectivity index (χ1n) is 13.4. The number of hydrogen-bond acceptors (Lipinski definition) is 7. The number of carbonyl (C=O) groups is 1. The Morgan fingerprint density at radius 2 is 1.86 bits per heavy atom. The SMILES string of the molecule is CC(C)CCN=[N+]=[N-].CCOc1nc2cccc(C(=O)O)c2n1Cc1ccc(-c2ccccc2-c2noc(=O)[nH]2)cc1. The first-order chi connectivity index (χ1) is 20.3. The topological polar surface area (TPSA) is 172 Å². The van der Waals surface area contributed by atoms with E-state index in [2.05, 4.69) is 43.5 Å². The molecule has 0 saturated heterocycles. The van der Waals surface area contributed by atoms with Crippen LogP contribution >= 0.6 is 0 Å². The Morgan fingerprint density at radius 1 is 1.12 bits per heavy atom. The highest BCUT2D eigenvalue weighted by Crippen LogP contribution is 2.31. The lowest BCUT2D eigenvalue weighted by molar-refractivity contribution is 0.0698. The molecular formula is C30H31N7O5. The number of rotatable bonds is 10. The zero-order chi connectivity index (χ0) is 30.1. The van der Waals surface area contributed by atoms with Crippen LogP contribution in [0.5, 0.6) is 6.01 Å². The van der Waals surface area contributed by atoms with Crippen molar-refractivity contribution in [1.82, 2.24) is 19.7 Å². The predicted molar refractivity (Wildman–Crippen MR) is 158 cm³/mol. The van der Waals surface area contributed by atoms with Crippen LogP contribution in [0.15, 0.2) is 81.2 Å². The number of para-hydroxylation sites is 1. The third-order valence-corrected chi connectivity index (χ3v) is 6.33. The number of ether oxygens (including phenoxy) is 1. The van der Waals surface area contributed by atoms with Crippen molar-refractivity contribution in [2.45, 2.75) is 33.7 Å². The number of H-pyrrole nitrogens is 1. The number of azide groups is 1. The first-order valence-corrected chi connectivity index (χ1v) is 13.4. The summed E-state index contributed by atoms with van der Waals surface area (Å²) < 4.78 is 12.1. The van der Waals surface area contributed by atoms with Gasteiger partial charge in [0.1, 0.15) is 0 Å². The van der Waals surface area contributed by atoms with Crippen molar-refractivity contribution >= 4 is 17.0 Å². The van der Waals surface area contributed by atoms with Crippen molar-refractivity contribution < 1.29 is 19.2 Å². The monoisotopic (exact) mass is 569 g/mol. The predicted octanol–water partition coefficient (Wildman–Crippen LogP) is 6.53. The van der Waals surface area contributed by atoms with Gasteiger partial charge in [0.2, 0.25) is 0 Å². The van der Waals surface area contributed by atoms with Crippen molar-refractivity contribution in [3.63, 3.8) is 0 Å². The van der Waals surface area contributed by atoms with E-state index in [1.807, 2.05) is 55.5 Å². The number of carboxylic acid groups (broad SMARTS) is 1. The van der Waals surface area contributed by atoms with Crippen LogP contribution in [-0.4, -0.2) is 43.9 Å². The Bertz CT molecular complexity index is 1760. The standard InChI is InChI=1S/C25H20N4O5.C5H11N3/c1-2-33-24-26-20-9-5-8-19(23(30)31)21(20)29(24)14-15-10-12-16(13-11-15)17-6-3-4-7-18(17)22-27-25(32)34-28-22;1-5(2)3-4-7-8-6/h3-13H,2,14H2,1H3,(H,30,31)(H,27,28,32);5H,3-4H2,1-2H3. The minimum absolute atomic E-state index is 0.170. The van der Waals surface area contributed by atoms with Crippen LogP contribution in [0.4, 0.5) is 0 Å². The highest BCUT2D eigenvalue weighted by Gasteiger charge is 2.19. The molecule has 0 unspecified atom stereocenters. The zero-order valence-electron chi connectivity index (χ0n) is 23.5. The Hall–Kier alpha value is -5.35. The van der Waals surface area contributed by atoms with Crippen LogP contribution < -0.4 is 10.5 Å². The second-order valence-electron chi connectivity index (χ2n) is 9.72. The molecule has 3 aromatic carbocycles. The minimum Gasteiger partial charge on any atom is -0.478 e. The van der Waals surface area contributed by atoms with Gasteiger partial charge in [0.25, 0.3) is 6.01 Å². The van der Waals surface area contributed by atoms with Gasteiger partial charge in [-0.2, -0.15) is 4.98 Å². The molecule has 2 N–H and O–H groups in total. The van der Waals surface area contributed by atoms with Crippen molar-refractivity contribution in [2.75, 3.05) is 13.2 Å². The number of fused-ring (bicyclic) bond motifs is 1. The van der Waals surface area contributed by atoms with Crippen LogP contribution in [0.3, 0.4) is 0 Å². The van der Waals surface area contributed by atoms with Crippen LogP contribution in [0.25, 0.3) is 44.0 Å². The maximum Gasteiger partial charge on any atom is 0.439 e. The summed E-state index contributed by atoms with van der Waals surface area (Å²) in [4.78, 5) is 32.9. The fourth-order valence-electron chi connectivity index (χ4n) is 4.34. The molecule has 12 nitrogen and oxygen atoms in total. The van der Waals surface area contributed by atoms with E-state index in [1.165, 1.54) is 0 Å². The summed E-state index contributed by atoms with van der Waals surface area (Å²) in [5.41, 5.74) is 12.6. The van der Waals surface area contributed by atoms with E-state index < -0.39 is 11.7 Å². The lowest BCUT2D eigenvalue weighted by Crippen LogP contribution is -2.08. The number of nitrogens with one attached hydrogen (secondary N) is 1. The number of aromatic amines is 1. The van der Waals surface area contributed by atoms with Gasteiger partial charge in [0, 0.05) is 17.0 Å². The molecule has 5 rings (SSSR count). The smallest absolute Gasteiger partial charge is 0.439 e. The number of aromatic nitrogens is 4. The lowest BCUT2D eigenvalue weighted by Gasteiger charge is -2.12. The summed E-state index contributed by atoms with van der Waals surface area (Å²) in [5, 5.41) is 16.9. The van der Waals surface area contributed by atoms with Gasteiger partial charge >= 0.3 is 11.7 Å². The Labute approximate surface area is 241 Å². The molecule has 216 valence electrons. The molecule has 0 radical (unpaired) electrons. The number of nitrogens with zero attached hydrogens (tertiary/aromatic N) is 6. The van der Waals surface area contributed by atoms with Crippen LogP contribution in [-0.2, 0) is 6.54 Å². The molecule has 0 bridgehead atoms. The quantitative estimate of drug-likeness (QED) is 0.109. The van der Waals surface area contributed by atoms with Gasteiger partial charge in [-0.05, 0) is 53.6 Å².